The zero-order valence-electron chi connectivity index (χ0n) is 18.3. The number of rotatable bonds is 5. The predicted octanol–water partition coefficient (Wildman–Crippen LogP) is 4.57. The molecule has 6 nitrogen and oxygen atoms in total. The minimum absolute atomic E-state index is 0.0520. The lowest BCUT2D eigenvalue weighted by Gasteiger charge is -2.27. The number of fused-ring (bicyclic) bond motifs is 1. The molecule has 0 atom stereocenters. The van der Waals surface area contributed by atoms with E-state index in [9.17, 15) is 14.0 Å². The van der Waals surface area contributed by atoms with Gasteiger partial charge in [0.05, 0.1) is 10.8 Å². The van der Waals surface area contributed by atoms with Gasteiger partial charge in [0.25, 0.3) is 11.5 Å². The Labute approximate surface area is 195 Å². The van der Waals surface area contributed by atoms with Gasteiger partial charge < -0.3 is 9.64 Å². The summed E-state index contributed by atoms with van der Waals surface area (Å²) in [4.78, 5) is 26.8. The van der Waals surface area contributed by atoms with E-state index < -0.39 is 0 Å². The summed E-state index contributed by atoms with van der Waals surface area (Å²) in [6.07, 6.45) is 2.74. The van der Waals surface area contributed by atoms with Gasteiger partial charge in [-0.05, 0) is 59.5 Å². The fourth-order valence-electron chi connectivity index (χ4n) is 4.11. The summed E-state index contributed by atoms with van der Waals surface area (Å²) < 4.78 is 19.0. The van der Waals surface area contributed by atoms with Gasteiger partial charge in [-0.1, -0.05) is 42.5 Å². The third-order valence-electron chi connectivity index (χ3n) is 5.92. The maximum absolute atomic E-state index is 13.2. The Kier molecular flexibility index (Phi) is 5.91. The molecule has 5 rings (SSSR count). The second-order valence-electron chi connectivity index (χ2n) is 8.13. The number of hydrogen-bond acceptors (Lipinski definition) is 4. The van der Waals surface area contributed by atoms with E-state index in [1.54, 1.807) is 41.3 Å². The molecule has 0 spiro atoms. The third kappa shape index (κ3) is 4.45. The van der Waals surface area contributed by atoms with Crippen LogP contribution in [0.4, 0.5) is 4.39 Å². The number of aromatic amines is 1. The van der Waals surface area contributed by atoms with Gasteiger partial charge in [-0.2, -0.15) is 0 Å². The molecule has 1 aliphatic heterocycles. The first kappa shape index (κ1) is 21.6. The van der Waals surface area contributed by atoms with Crippen molar-refractivity contribution in [3.05, 3.63) is 112 Å². The van der Waals surface area contributed by atoms with E-state index in [0.717, 1.165) is 16.7 Å². The number of ether oxygens (including phenoxy) is 1. The van der Waals surface area contributed by atoms with Crippen LogP contribution in [0.1, 0.15) is 27.9 Å². The summed E-state index contributed by atoms with van der Waals surface area (Å²) in [5.74, 6) is 0.0237. The molecule has 170 valence electrons. The number of nitrogens with zero attached hydrogens (tertiary/aromatic N) is 2. The van der Waals surface area contributed by atoms with Gasteiger partial charge in [0.15, 0.2) is 0 Å². The minimum Gasteiger partial charge on any atom is -0.471 e. The summed E-state index contributed by atoms with van der Waals surface area (Å²) >= 11 is 0. The number of carbonyl (C=O) groups is 1. The summed E-state index contributed by atoms with van der Waals surface area (Å²) in [5, 5.41) is 7.63. The fourth-order valence-corrected chi connectivity index (χ4v) is 4.11. The maximum atomic E-state index is 13.2. The fraction of sp³-hybridized carbons (Fsp3) is 0.148. The van der Waals surface area contributed by atoms with Crippen molar-refractivity contribution in [2.75, 3.05) is 13.1 Å². The van der Waals surface area contributed by atoms with Gasteiger partial charge in [0, 0.05) is 18.7 Å². The van der Waals surface area contributed by atoms with Crippen LogP contribution in [0.15, 0.2) is 83.7 Å². The van der Waals surface area contributed by atoms with E-state index in [0.29, 0.717) is 41.7 Å². The average molecular weight is 455 g/mol. The lowest BCUT2D eigenvalue weighted by Crippen LogP contribution is -2.34. The first-order chi connectivity index (χ1) is 16.6. The Morgan fingerprint density at radius 1 is 1.03 bits per heavy atom. The van der Waals surface area contributed by atoms with E-state index in [1.165, 1.54) is 12.1 Å². The molecule has 0 unspecified atom stereocenters. The van der Waals surface area contributed by atoms with Crippen molar-refractivity contribution >= 4 is 22.3 Å². The van der Waals surface area contributed by atoms with E-state index in [-0.39, 0.29) is 23.9 Å². The maximum Gasteiger partial charge on any atom is 0.272 e. The molecule has 1 aromatic heterocycles. The van der Waals surface area contributed by atoms with Crippen LogP contribution < -0.4 is 10.3 Å². The Balaban J connectivity index is 1.27. The van der Waals surface area contributed by atoms with Crippen LogP contribution >= 0.6 is 0 Å². The van der Waals surface area contributed by atoms with E-state index in [1.807, 2.05) is 30.3 Å². The lowest BCUT2D eigenvalue weighted by atomic mass is 9.99. The van der Waals surface area contributed by atoms with Crippen molar-refractivity contribution in [2.45, 2.75) is 13.0 Å². The van der Waals surface area contributed by atoms with Gasteiger partial charge in [-0.15, -0.1) is 5.10 Å². The molecule has 34 heavy (non-hydrogen) atoms. The van der Waals surface area contributed by atoms with Crippen LogP contribution in [0.25, 0.3) is 16.3 Å². The number of benzene rings is 3. The van der Waals surface area contributed by atoms with E-state index in [2.05, 4.69) is 10.2 Å². The van der Waals surface area contributed by atoms with Crippen molar-refractivity contribution in [3.8, 4) is 5.88 Å². The summed E-state index contributed by atoms with van der Waals surface area (Å²) in [7, 11) is 0. The van der Waals surface area contributed by atoms with Crippen molar-refractivity contribution in [2.24, 2.45) is 0 Å². The van der Waals surface area contributed by atoms with Gasteiger partial charge in [0.2, 0.25) is 5.88 Å². The van der Waals surface area contributed by atoms with Crippen LogP contribution in [-0.2, 0) is 6.61 Å². The molecule has 3 aromatic carbocycles. The Hall–Kier alpha value is -4.26. The van der Waals surface area contributed by atoms with E-state index >= 15 is 0 Å². The Morgan fingerprint density at radius 3 is 2.59 bits per heavy atom. The first-order valence-electron chi connectivity index (χ1n) is 11.0. The molecule has 0 fully saturated rings. The molecule has 1 N–H and O–H groups in total. The molecule has 7 heteroatoms. The van der Waals surface area contributed by atoms with Gasteiger partial charge in [0.1, 0.15) is 12.4 Å². The smallest absolute Gasteiger partial charge is 0.272 e. The van der Waals surface area contributed by atoms with Crippen LogP contribution in [0.2, 0.25) is 0 Å². The van der Waals surface area contributed by atoms with Gasteiger partial charge in [-0.3, -0.25) is 9.59 Å². The summed E-state index contributed by atoms with van der Waals surface area (Å²) in [6, 6.07) is 20.9. The molecule has 0 saturated heterocycles. The highest BCUT2D eigenvalue weighted by molar-refractivity contribution is 5.95. The Bertz CT molecular complexity index is 1440. The largest absolute Gasteiger partial charge is 0.471 e. The highest BCUT2D eigenvalue weighted by Crippen LogP contribution is 2.24. The summed E-state index contributed by atoms with van der Waals surface area (Å²) in [6.45, 7) is 1.30. The molecule has 1 amide bonds. The number of H-pyrrole nitrogens is 1. The second-order valence-corrected chi connectivity index (χ2v) is 8.13. The molecule has 0 bridgehead atoms. The highest BCUT2D eigenvalue weighted by Gasteiger charge is 2.20. The molecule has 2 heterocycles. The monoisotopic (exact) mass is 455 g/mol. The molecular weight excluding hydrogens is 433 g/mol. The zero-order chi connectivity index (χ0) is 23.5. The van der Waals surface area contributed by atoms with Crippen LogP contribution in [0, 0.1) is 5.82 Å². The van der Waals surface area contributed by atoms with Gasteiger partial charge in [-0.25, -0.2) is 9.49 Å². The number of carbonyl (C=O) groups excluding carboxylic acids is 1. The number of amides is 1. The van der Waals surface area contributed by atoms with Crippen molar-refractivity contribution in [3.63, 3.8) is 0 Å². The van der Waals surface area contributed by atoms with Crippen molar-refractivity contribution < 1.29 is 13.9 Å². The molecule has 0 saturated carbocycles. The molecular formula is C27H22FN3O3. The topological polar surface area (TPSA) is 75.3 Å². The minimum atomic E-state index is -0.270. The normalized spacial score (nSPS) is 13.6. The number of hydrogen-bond donors (Lipinski definition) is 1. The van der Waals surface area contributed by atoms with Gasteiger partial charge >= 0.3 is 0 Å². The zero-order valence-corrected chi connectivity index (χ0v) is 18.3. The number of halogens is 1. The molecule has 1 aliphatic rings. The SMILES string of the molecule is O=C(c1cccc(COc2n[nH]c(=O)c3ccccc23)c1)N1CC=C(c2ccc(F)cc2)CC1. The molecule has 0 radical (unpaired) electrons. The number of nitrogens with one attached hydrogen (secondary N) is 1. The Morgan fingerprint density at radius 2 is 1.82 bits per heavy atom. The molecule has 0 aliphatic carbocycles. The third-order valence-corrected chi connectivity index (χ3v) is 5.92. The first-order valence-corrected chi connectivity index (χ1v) is 11.0. The second kappa shape index (κ2) is 9.31. The number of aromatic nitrogens is 2. The van der Waals surface area contributed by atoms with Crippen LogP contribution in [-0.4, -0.2) is 34.1 Å². The average Bonchev–Trinajstić information content (AvgIpc) is 2.89. The quantitative estimate of drug-likeness (QED) is 0.478. The predicted molar refractivity (Wildman–Crippen MR) is 128 cm³/mol. The van der Waals surface area contributed by atoms with Crippen LogP contribution in [0.5, 0.6) is 5.88 Å². The lowest BCUT2D eigenvalue weighted by molar-refractivity contribution is 0.0772. The van der Waals surface area contributed by atoms with E-state index in [4.69, 9.17) is 4.74 Å². The summed E-state index contributed by atoms with van der Waals surface area (Å²) in [5.41, 5.74) is 3.23. The van der Waals surface area contributed by atoms with Crippen molar-refractivity contribution in [1.29, 1.82) is 0 Å². The van der Waals surface area contributed by atoms with Crippen LogP contribution in [0.3, 0.4) is 0 Å². The standard InChI is InChI=1S/C27H22FN3O3/c28-22-10-8-19(9-11-22)20-12-14-31(15-13-20)27(33)21-5-3-4-18(16-21)17-34-26-24-7-2-1-6-23(24)25(32)29-30-26/h1-12,16H,13-15,17H2,(H,29,32). The van der Waals surface area contributed by atoms with Crippen molar-refractivity contribution in [1.82, 2.24) is 15.1 Å². The highest BCUT2D eigenvalue weighted by atomic mass is 19.1. The molecule has 4 aromatic rings.